The van der Waals surface area contributed by atoms with Gasteiger partial charge in [0.2, 0.25) is 0 Å². The van der Waals surface area contributed by atoms with Crippen molar-refractivity contribution in [2.45, 2.75) is 25.9 Å². The molecule has 0 fully saturated rings. The van der Waals surface area contributed by atoms with Gasteiger partial charge in [-0.05, 0) is 41.3 Å². The first-order valence-corrected chi connectivity index (χ1v) is 7.12. The molecule has 4 heteroatoms. The van der Waals surface area contributed by atoms with Gasteiger partial charge in [0.15, 0.2) is 0 Å². The Labute approximate surface area is 129 Å². The fourth-order valence-electron chi connectivity index (χ4n) is 2.14. The molecule has 2 aromatic rings. The third kappa shape index (κ3) is 4.58. The van der Waals surface area contributed by atoms with Gasteiger partial charge in [0.25, 0.3) is 0 Å². The Balaban J connectivity index is 1.85. The Morgan fingerprint density at radius 2 is 1.91 bits per heavy atom. The number of methoxy groups -OCH3 is 1. The van der Waals surface area contributed by atoms with Crippen LogP contribution in [-0.4, -0.2) is 13.1 Å². The Morgan fingerprint density at radius 3 is 2.59 bits per heavy atom. The Bertz CT molecular complexity index is 622. The minimum absolute atomic E-state index is 0.0154. The van der Waals surface area contributed by atoms with Gasteiger partial charge in [-0.3, -0.25) is 4.79 Å². The maximum Gasteiger partial charge on any atom is 0.306 e. The van der Waals surface area contributed by atoms with E-state index in [1.807, 2.05) is 31.2 Å². The molecule has 2 rings (SSSR count). The molecule has 0 saturated heterocycles. The molecule has 2 aromatic carbocycles. The smallest absolute Gasteiger partial charge is 0.306 e. The second-order valence-electron chi connectivity index (χ2n) is 5.17. The number of hydrogen-bond acceptors (Lipinski definition) is 3. The van der Waals surface area contributed by atoms with E-state index < -0.39 is 0 Å². The molecule has 0 radical (unpaired) electrons. The van der Waals surface area contributed by atoms with Crippen LogP contribution in [0.2, 0.25) is 0 Å². The maximum absolute atomic E-state index is 12.9. The van der Waals surface area contributed by atoms with E-state index in [9.17, 15) is 9.18 Å². The van der Waals surface area contributed by atoms with Gasteiger partial charge < -0.3 is 9.47 Å². The third-order valence-electron chi connectivity index (χ3n) is 3.45. The Kier molecular flexibility index (Phi) is 5.53. The molecule has 0 heterocycles. The molecule has 1 atom stereocenters. The zero-order valence-electron chi connectivity index (χ0n) is 12.7. The minimum atomic E-state index is -0.281. The summed E-state index contributed by atoms with van der Waals surface area (Å²) in [4.78, 5) is 11.9. The molecule has 0 amide bonds. The van der Waals surface area contributed by atoms with Gasteiger partial charge in [0.05, 0.1) is 13.5 Å². The van der Waals surface area contributed by atoms with Crippen LogP contribution in [-0.2, 0) is 16.1 Å². The van der Waals surface area contributed by atoms with E-state index in [2.05, 4.69) is 0 Å². The monoisotopic (exact) mass is 302 g/mol. The molecule has 0 bridgehead atoms. The number of halogens is 1. The number of ether oxygens (including phenoxy) is 2. The second-order valence-corrected chi connectivity index (χ2v) is 5.17. The fraction of sp³-hybridized carbons (Fsp3) is 0.278. The normalized spacial score (nSPS) is 11.8. The Hall–Kier alpha value is -2.36. The average Bonchev–Trinajstić information content (AvgIpc) is 2.53. The zero-order chi connectivity index (χ0) is 15.9. The summed E-state index contributed by atoms with van der Waals surface area (Å²) in [7, 11) is 1.59. The van der Waals surface area contributed by atoms with Gasteiger partial charge in [0, 0.05) is 0 Å². The number of benzene rings is 2. The quantitative estimate of drug-likeness (QED) is 0.755. The van der Waals surface area contributed by atoms with Crippen molar-refractivity contribution in [3.63, 3.8) is 0 Å². The van der Waals surface area contributed by atoms with Crippen LogP contribution in [0.15, 0.2) is 48.5 Å². The van der Waals surface area contributed by atoms with Crippen molar-refractivity contribution in [2.24, 2.45) is 0 Å². The molecule has 0 saturated carbocycles. The van der Waals surface area contributed by atoms with Crippen LogP contribution in [0.5, 0.6) is 5.75 Å². The van der Waals surface area contributed by atoms with Crippen LogP contribution < -0.4 is 4.74 Å². The lowest BCUT2D eigenvalue weighted by Crippen LogP contribution is -2.09. The van der Waals surface area contributed by atoms with Crippen molar-refractivity contribution in [1.29, 1.82) is 0 Å². The molecule has 1 unspecified atom stereocenters. The molecule has 116 valence electrons. The van der Waals surface area contributed by atoms with E-state index in [0.717, 1.165) is 16.9 Å². The van der Waals surface area contributed by atoms with Gasteiger partial charge in [-0.25, -0.2) is 4.39 Å². The van der Waals surface area contributed by atoms with E-state index in [4.69, 9.17) is 9.47 Å². The van der Waals surface area contributed by atoms with Gasteiger partial charge in [-0.15, -0.1) is 0 Å². The summed E-state index contributed by atoms with van der Waals surface area (Å²) in [5.74, 6) is 0.155. The van der Waals surface area contributed by atoms with E-state index in [0.29, 0.717) is 0 Å². The lowest BCUT2D eigenvalue weighted by molar-refractivity contribution is -0.145. The highest BCUT2D eigenvalue weighted by Crippen LogP contribution is 2.20. The topological polar surface area (TPSA) is 35.5 Å². The van der Waals surface area contributed by atoms with Gasteiger partial charge in [-0.1, -0.05) is 31.2 Å². The van der Waals surface area contributed by atoms with E-state index in [1.54, 1.807) is 19.2 Å². The van der Waals surface area contributed by atoms with Crippen molar-refractivity contribution in [1.82, 2.24) is 0 Å². The molecule has 0 aliphatic heterocycles. The SMILES string of the molecule is COc1cccc(COC(=O)CC(C)c2ccc(F)cc2)c1. The fourth-order valence-corrected chi connectivity index (χ4v) is 2.14. The number of hydrogen-bond donors (Lipinski definition) is 0. The molecule has 0 aliphatic carbocycles. The molecule has 0 spiro atoms. The summed E-state index contributed by atoms with van der Waals surface area (Å²) in [5, 5.41) is 0. The number of rotatable bonds is 6. The zero-order valence-corrected chi connectivity index (χ0v) is 12.7. The lowest BCUT2D eigenvalue weighted by atomic mass is 9.98. The summed E-state index contributed by atoms with van der Waals surface area (Å²) in [6.45, 7) is 2.13. The van der Waals surface area contributed by atoms with Crippen LogP contribution in [0.1, 0.15) is 30.4 Å². The molecule has 0 N–H and O–H groups in total. The predicted molar refractivity (Wildman–Crippen MR) is 82.2 cm³/mol. The summed E-state index contributed by atoms with van der Waals surface area (Å²) in [6, 6.07) is 13.6. The highest BCUT2D eigenvalue weighted by atomic mass is 19.1. The van der Waals surface area contributed by atoms with Crippen molar-refractivity contribution < 1.29 is 18.7 Å². The van der Waals surface area contributed by atoms with Crippen LogP contribution in [0, 0.1) is 5.82 Å². The number of carbonyl (C=O) groups excluding carboxylic acids is 1. The highest BCUT2D eigenvalue weighted by Gasteiger charge is 2.12. The third-order valence-corrected chi connectivity index (χ3v) is 3.45. The molecule has 0 aliphatic rings. The van der Waals surface area contributed by atoms with Gasteiger partial charge >= 0.3 is 5.97 Å². The van der Waals surface area contributed by atoms with Gasteiger partial charge in [-0.2, -0.15) is 0 Å². The van der Waals surface area contributed by atoms with Crippen LogP contribution in [0.3, 0.4) is 0 Å². The Morgan fingerprint density at radius 1 is 1.18 bits per heavy atom. The van der Waals surface area contributed by atoms with E-state index >= 15 is 0 Å². The predicted octanol–water partition coefficient (Wildman–Crippen LogP) is 4.07. The van der Waals surface area contributed by atoms with Crippen molar-refractivity contribution in [3.8, 4) is 5.75 Å². The molecular weight excluding hydrogens is 283 g/mol. The maximum atomic E-state index is 12.9. The van der Waals surface area contributed by atoms with E-state index in [-0.39, 0.29) is 30.7 Å². The van der Waals surface area contributed by atoms with Crippen LogP contribution in [0.4, 0.5) is 4.39 Å². The summed E-state index contributed by atoms with van der Waals surface area (Å²) < 4.78 is 23.3. The van der Waals surface area contributed by atoms with Crippen LogP contribution >= 0.6 is 0 Å². The molecule has 3 nitrogen and oxygen atoms in total. The van der Waals surface area contributed by atoms with E-state index in [1.165, 1.54) is 12.1 Å². The van der Waals surface area contributed by atoms with Gasteiger partial charge in [0.1, 0.15) is 18.2 Å². The average molecular weight is 302 g/mol. The summed E-state index contributed by atoms with van der Waals surface area (Å²) in [5.41, 5.74) is 1.79. The highest BCUT2D eigenvalue weighted by molar-refractivity contribution is 5.70. The molecule has 22 heavy (non-hydrogen) atoms. The first-order chi connectivity index (χ1) is 10.6. The first-order valence-electron chi connectivity index (χ1n) is 7.12. The standard InChI is InChI=1S/C18H19FO3/c1-13(15-6-8-16(19)9-7-15)10-18(20)22-12-14-4-3-5-17(11-14)21-2/h3-9,11,13H,10,12H2,1-2H3. The molecular formula is C18H19FO3. The van der Waals surface area contributed by atoms with Crippen molar-refractivity contribution >= 4 is 5.97 Å². The van der Waals surface area contributed by atoms with Crippen molar-refractivity contribution in [2.75, 3.05) is 7.11 Å². The van der Waals surface area contributed by atoms with Crippen LogP contribution in [0.25, 0.3) is 0 Å². The second kappa shape index (κ2) is 7.59. The lowest BCUT2D eigenvalue weighted by Gasteiger charge is -2.12. The summed E-state index contributed by atoms with van der Waals surface area (Å²) in [6.07, 6.45) is 0.260. The minimum Gasteiger partial charge on any atom is -0.497 e. The molecule has 0 aromatic heterocycles. The number of esters is 1. The summed E-state index contributed by atoms with van der Waals surface area (Å²) >= 11 is 0. The first kappa shape index (κ1) is 16.0. The number of carbonyl (C=O) groups is 1. The van der Waals surface area contributed by atoms with Crippen molar-refractivity contribution in [3.05, 3.63) is 65.5 Å². The largest absolute Gasteiger partial charge is 0.497 e.